The summed E-state index contributed by atoms with van der Waals surface area (Å²) < 4.78 is 0. The van der Waals surface area contributed by atoms with Crippen LogP contribution in [0.15, 0.2) is 63.5 Å². The molecule has 2 nitrogen and oxygen atoms in total. The van der Waals surface area contributed by atoms with Gasteiger partial charge in [0.2, 0.25) is 0 Å². The van der Waals surface area contributed by atoms with E-state index in [1.165, 1.54) is 26.6 Å². The Morgan fingerprint density at radius 2 is 1.90 bits per heavy atom. The summed E-state index contributed by atoms with van der Waals surface area (Å²) in [5.74, 6) is 0. The lowest BCUT2D eigenvalue weighted by Crippen LogP contribution is -2.22. The smallest absolute Gasteiger partial charge is 0.0884 e. The van der Waals surface area contributed by atoms with Crippen molar-refractivity contribution in [1.29, 1.82) is 0 Å². The summed E-state index contributed by atoms with van der Waals surface area (Å²) >= 11 is 1.81. The standard InChI is InChI=1S/C17H14N2S/c1-11-6-5-9-14-16(11)18-17-12-7-3-4-8-13(12)19(2)10-15(17)20-14/h3-10H,1-2H3. The Hall–Kier alpha value is -2.00. The number of para-hydroxylation sites is 2. The third-order valence-corrected chi connectivity index (χ3v) is 4.80. The van der Waals surface area contributed by atoms with Gasteiger partial charge in [0.25, 0.3) is 0 Å². The van der Waals surface area contributed by atoms with Crippen LogP contribution in [-0.4, -0.2) is 12.8 Å². The molecule has 0 bridgehead atoms. The fourth-order valence-electron chi connectivity index (χ4n) is 2.70. The molecule has 0 aromatic heterocycles. The Labute approximate surface area is 122 Å². The highest BCUT2D eigenvalue weighted by molar-refractivity contribution is 8.04. The molecule has 98 valence electrons. The van der Waals surface area contributed by atoms with Gasteiger partial charge in [-0.1, -0.05) is 42.1 Å². The molecule has 0 saturated carbocycles. The van der Waals surface area contributed by atoms with Gasteiger partial charge in [-0.25, -0.2) is 4.99 Å². The molecule has 0 atom stereocenters. The summed E-state index contributed by atoms with van der Waals surface area (Å²) in [4.78, 5) is 9.59. The van der Waals surface area contributed by atoms with Gasteiger partial charge in [0.15, 0.2) is 0 Å². The Morgan fingerprint density at radius 3 is 2.80 bits per heavy atom. The van der Waals surface area contributed by atoms with Crippen LogP contribution in [0.5, 0.6) is 0 Å². The van der Waals surface area contributed by atoms with E-state index in [4.69, 9.17) is 4.99 Å². The lowest BCUT2D eigenvalue weighted by Gasteiger charge is -2.29. The van der Waals surface area contributed by atoms with Crippen molar-refractivity contribution in [2.45, 2.75) is 11.8 Å². The van der Waals surface area contributed by atoms with Crippen molar-refractivity contribution in [3.63, 3.8) is 0 Å². The molecule has 2 aliphatic rings. The fraction of sp³-hybridized carbons (Fsp3) is 0.118. The van der Waals surface area contributed by atoms with Gasteiger partial charge in [-0.3, -0.25) is 0 Å². The molecule has 0 amide bonds. The van der Waals surface area contributed by atoms with E-state index in [-0.39, 0.29) is 0 Å². The predicted octanol–water partition coefficient (Wildman–Crippen LogP) is 4.51. The van der Waals surface area contributed by atoms with Crippen LogP contribution in [-0.2, 0) is 0 Å². The molecule has 2 heterocycles. The summed E-state index contributed by atoms with van der Waals surface area (Å²) in [5.41, 5.74) is 5.88. The number of aryl methyl sites for hydroxylation is 1. The first-order chi connectivity index (χ1) is 9.74. The monoisotopic (exact) mass is 278 g/mol. The molecule has 0 N–H and O–H groups in total. The van der Waals surface area contributed by atoms with Crippen LogP contribution < -0.4 is 4.90 Å². The van der Waals surface area contributed by atoms with Crippen molar-refractivity contribution >= 4 is 28.8 Å². The zero-order valence-corrected chi connectivity index (χ0v) is 12.2. The predicted molar refractivity (Wildman–Crippen MR) is 86.2 cm³/mol. The van der Waals surface area contributed by atoms with Crippen LogP contribution in [0.25, 0.3) is 0 Å². The highest BCUT2D eigenvalue weighted by Crippen LogP contribution is 2.46. The quantitative estimate of drug-likeness (QED) is 0.704. The maximum absolute atomic E-state index is 4.94. The number of fused-ring (bicyclic) bond motifs is 4. The minimum absolute atomic E-state index is 1.10. The second-order valence-corrected chi connectivity index (χ2v) is 6.19. The lowest BCUT2D eigenvalue weighted by molar-refractivity contribution is 1.17. The minimum atomic E-state index is 1.10. The van der Waals surface area contributed by atoms with Crippen LogP contribution in [0.3, 0.4) is 0 Å². The van der Waals surface area contributed by atoms with Crippen molar-refractivity contribution in [2.75, 3.05) is 11.9 Å². The van der Waals surface area contributed by atoms with Gasteiger partial charge in [-0.15, -0.1) is 0 Å². The highest BCUT2D eigenvalue weighted by atomic mass is 32.2. The van der Waals surface area contributed by atoms with Crippen LogP contribution >= 0.6 is 11.8 Å². The van der Waals surface area contributed by atoms with Crippen molar-refractivity contribution < 1.29 is 0 Å². The summed E-state index contributed by atoms with van der Waals surface area (Å²) in [6, 6.07) is 14.8. The van der Waals surface area contributed by atoms with Crippen molar-refractivity contribution in [1.82, 2.24) is 0 Å². The number of hydrogen-bond donors (Lipinski definition) is 0. The maximum atomic E-state index is 4.94. The molecule has 4 rings (SSSR count). The molecule has 0 aliphatic carbocycles. The molecule has 2 aromatic carbocycles. The molecule has 0 unspecified atom stereocenters. The topological polar surface area (TPSA) is 15.6 Å². The number of thioether (sulfide) groups is 1. The average molecular weight is 278 g/mol. The first-order valence-corrected chi connectivity index (χ1v) is 7.46. The highest BCUT2D eigenvalue weighted by Gasteiger charge is 2.26. The van der Waals surface area contributed by atoms with E-state index < -0.39 is 0 Å². The number of benzene rings is 2. The molecule has 0 fully saturated rings. The molecular formula is C17H14N2S. The molecule has 2 aromatic rings. The van der Waals surface area contributed by atoms with Gasteiger partial charge in [-0.05, 0) is 24.6 Å². The van der Waals surface area contributed by atoms with Crippen LogP contribution in [0.4, 0.5) is 11.4 Å². The van der Waals surface area contributed by atoms with Gasteiger partial charge in [0.1, 0.15) is 0 Å². The second-order valence-electron chi connectivity index (χ2n) is 5.11. The number of aliphatic imine (C=N–C) groups is 1. The Kier molecular flexibility index (Phi) is 2.51. The number of hydrogen-bond acceptors (Lipinski definition) is 3. The first-order valence-electron chi connectivity index (χ1n) is 6.64. The van der Waals surface area contributed by atoms with Gasteiger partial charge >= 0.3 is 0 Å². The summed E-state index contributed by atoms with van der Waals surface area (Å²) in [6.07, 6.45) is 2.18. The van der Waals surface area contributed by atoms with Crippen LogP contribution in [0.1, 0.15) is 11.1 Å². The number of rotatable bonds is 0. The summed E-state index contributed by atoms with van der Waals surface area (Å²) in [7, 11) is 2.09. The fourth-order valence-corrected chi connectivity index (χ4v) is 3.85. The normalized spacial score (nSPS) is 15.8. The lowest BCUT2D eigenvalue weighted by atomic mass is 10.0. The average Bonchev–Trinajstić information content (AvgIpc) is 2.47. The molecule has 3 heteroatoms. The zero-order valence-electron chi connectivity index (χ0n) is 11.4. The largest absolute Gasteiger partial charge is 0.349 e. The first kappa shape index (κ1) is 11.8. The Morgan fingerprint density at radius 1 is 1.05 bits per heavy atom. The van der Waals surface area contributed by atoms with E-state index in [9.17, 15) is 0 Å². The maximum Gasteiger partial charge on any atom is 0.0884 e. The Bertz CT molecular complexity index is 774. The third kappa shape index (κ3) is 1.63. The van der Waals surface area contributed by atoms with Gasteiger partial charge in [0.05, 0.1) is 16.3 Å². The van der Waals surface area contributed by atoms with E-state index >= 15 is 0 Å². The van der Waals surface area contributed by atoms with E-state index in [1.807, 2.05) is 11.8 Å². The molecule has 0 saturated heterocycles. The van der Waals surface area contributed by atoms with E-state index in [0.717, 1.165) is 11.4 Å². The van der Waals surface area contributed by atoms with Crippen molar-refractivity contribution in [2.24, 2.45) is 4.99 Å². The van der Waals surface area contributed by atoms with Crippen LogP contribution in [0.2, 0.25) is 0 Å². The molecule has 2 aliphatic heterocycles. The number of allylic oxidation sites excluding steroid dienone is 1. The van der Waals surface area contributed by atoms with Crippen molar-refractivity contribution in [3.8, 4) is 0 Å². The van der Waals surface area contributed by atoms with Gasteiger partial charge in [0, 0.05) is 29.4 Å². The summed E-state index contributed by atoms with van der Waals surface area (Å²) in [5, 5.41) is 0. The SMILES string of the molecule is Cc1cccc2c1N=C1C(=CN(C)c3ccccc31)S2. The number of anilines is 1. The zero-order chi connectivity index (χ0) is 13.7. The van der Waals surface area contributed by atoms with Crippen LogP contribution in [0, 0.1) is 6.92 Å². The van der Waals surface area contributed by atoms with E-state index in [0.29, 0.717) is 0 Å². The molecular weight excluding hydrogens is 264 g/mol. The van der Waals surface area contributed by atoms with E-state index in [1.54, 1.807) is 0 Å². The van der Waals surface area contributed by atoms with E-state index in [2.05, 4.69) is 67.5 Å². The number of nitrogens with zero attached hydrogens (tertiary/aromatic N) is 2. The molecule has 0 spiro atoms. The molecule has 20 heavy (non-hydrogen) atoms. The Balaban J connectivity index is 1.99. The molecule has 0 radical (unpaired) electrons. The second kappa shape index (κ2) is 4.25. The summed E-state index contributed by atoms with van der Waals surface area (Å²) in [6.45, 7) is 2.12. The third-order valence-electron chi connectivity index (χ3n) is 3.73. The van der Waals surface area contributed by atoms with Gasteiger partial charge in [-0.2, -0.15) is 0 Å². The minimum Gasteiger partial charge on any atom is -0.349 e. The van der Waals surface area contributed by atoms with Crippen molar-refractivity contribution in [3.05, 3.63) is 64.7 Å². The van der Waals surface area contributed by atoms with Gasteiger partial charge < -0.3 is 4.90 Å².